The molecule has 21 heavy (non-hydrogen) atoms. The standard InChI is InChI=1S/C18H21NO2/c1-12-9-14-7-8-16-18(14,15(10-12)17(20)21-16)19-11-13-5-3-2-4-6-13/h2-6,10,12,14,16,19H,7-9,11H2,1H3/t12-,14?,16+,18-/m0/s1. The number of hydrogen-bond acceptors (Lipinski definition) is 3. The van der Waals surface area contributed by atoms with Crippen molar-refractivity contribution in [3.8, 4) is 0 Å². The van der Waals surface area contributed by atoms with Crippen LogP contribution < -0.4 is 5.32 Å². The largest absolute Gasteiger partial charge is 0.457 e. The van der Waals surface area contributed by atoms with Crippen molar-refractivity contribution in [2.75, 3.05) is 0 Å². The molecule has 1 saturated carbocycles. The zero-order valence-electron chi connectivity index (χ0n) is 12.3. The van der Waals surface area contributed by atoms with Gasteiger partial charge in [-0.3, -0.25) is 5.32 Å². The third kappa shape index (κ3) is 1.87. The Hall–Kier alpha value is -1.61. The van der Waals surface area contributed by atoms with Gasteiger partial charge in [0.25, 0.3) is 0 Å². The highest BCUT2D eigenvalue weighted by atomic mass is 16.6. The highest BCUT2D eigenvalue weighted by Gasteiger charge is 2.62. The summed E-state index contributed by atoms with van der Waals surface area (Å²) in [5, 5.41) is 3.71. The van der Waals surface area contributed by atoms with Crippen LogP contribution in [0, 0.1) is 11.8 Å². The van der Waals surface area contributed by atoms with Crippen LogP contribution in [0.1, 0.15) is 31.7 Å². The van der Waals surface area contributed by atoms with Gasteiger partial charge in [-0.2, -0.15) is 0 Å². The first-order valence-electron chi connectivity index (χ1n) is 7.92. The van der Waals surface area contributed by atoms with Crippen molar-refractivity contribution in [2.45, 2.75) is 44.4 Å². The predicted octanol–water partition coefficient (Wildman–Crippen LogP) is 2.82. The Morgan fingerprint density at radius 3 is 2.90 bits per heavy atom. The molecule has 0 amide bonds. The first kappa shape index (κ1) is 13.1. The van der Waals surface area contributed by atoms with Gasteiger partial charge in [0.2, 0.25) is 0 Å². The third-order valence-electron chi connectivity index (χ3n) is 5.38. The van der Waals surface area contributed by atoms with Crippen LogP contribution in [-0.4, -0.2) is 17.6 Å². The van der Waals surface area contributed by atoms with Crippen LogP contribution in [0.25, 0.3) is 0 Å². The normalized spacial score (nSPS) is 37.1. The van der Waals surface area contributed by atoms with Crippen LogP contribution in [0.5, 0.6) is 0 Å². The van der Waals surface area contributed by atoms with E-state index in [1.165, 1.54) is 5.56 Å². The van der Waals surface area contributed by atoms with E-state index in [-0.39, 0.29) is 17.6 Å². The van der Waals surface area contributed by atoms with Gasteiger partial charge < -0.3 is 4.74 Å². The zero-order chi connectivity index (χ0) is 14.4. The van der Waals surface area contributed by atoms with Gasteiger partial charge in [0, 0.05) is 6.54 Å². The van der Waals surface area contributed by atoms with Crippen LogP contribution in [0.15, 0.2) is 42.0 Å². The summed E-state index contributed by atoms with van der Waals surface area (Å²) in [6, 6.07) is 10.4. The van der Waals surface area contributed by atoms with Crippen molar-refractivity contribution >= 4 is 5.97 Å². The van der Waals surface area contributed by atoms with Crippen molar-refractivity contribution in [2.24, 2.45) is 11.8 Å². The lowest BCUT2D eigenvalue weighted by atomic mass is 9.71. The molecule has 0 radical (unpaired) electrons. The molecular formula is C18H21NO2. The van der Waals surface area contributed by atoms with Gasteiger partial charge in [0.1, 0.15) is 6.10 Å². The van der Waals surface area contributed by atoms with Crippen LogP contribution in [0.2, 0.25) is 0 Å². The van der Waals surface area contributed by atoms with Crippen molar-refractivity contribution in [3.05, 3.63) is 47.5 Å². The maximum absolute atomic E-state index is 12.2. The van der Waals surface area contributed by atoms with Gasteiger partial charge in [-0.05, 0) is 36.7 Å². The molecule has 1 unspecified atom stereocenters. The summed E-state index contributed by atoms with van der Waals surface area (Å²) in [5.74, 6) is 0.894. The smallest absolute Gasteiger partial charge is 0.336 e. The Morgan fingerprint density at radius 2 is 2.10 bits per heavy atom. The van der Waals surface area contributed by atoms with E-state index in [9.17, 15) is 4.79 Å². The maximum atomic E-state index is 12.2. The molecule has 3 heteroatoms. The molecule has 2 aliphatic carbocycles. The fourth-order valence-corrected chi connectivity index (χ4v) is 4.49. The molecule has 0 bridgehead atoms. The molecule has 3 nitrogen and oxygen atoms in total. The molecule has 4 atom stereocenters. The van der Waals surface area contributed by atoms with E-state index in [1.807, 2.05) is 6.07 Å². The lowest BCUT2D eigenvalue weighted by Crippen LogP contribution is -2.55. The second-order valence-electron chi connectivity index (χ2n) is 6.67. The molecule has 1 N–H and O–H groups in total. The number of carbonyl (C=O) groups is 1. The van der Waals surface area contributed by atoms with E-state index in [2.05, 4.69) is 42.6 Å². The minimum Gasteiger partial charge on any atom is -0.457 e. The zero-order valence-corrected chi connectivity index (χ0v) is 12.3. The van der Waals surface area contributed by atoms with Crippen molar-refractivity contribution in [3.63, 3.8) is 0 Å². The van der Waals surface area contributed by atoms with Crippen LogP contribution in [0.3, 0.4) is 0 Å². The van der Waals surface area contributed by atoms with Gasteiger partial charge >= 0.3 is 5.97 Å². The Morgan fingerprint density at radius 1 is 1.29 bits per heavy atom. The summed E-state index contributed by atoms with van der Waals surface area (Å²) in [4.78, 5) is 12.2. The molecule has 3 aliphatic rings. The highest BCUT2D eigenvalue weighted by molar-refractivity contribution is 5.95. The molecule has 4 rings (SSSR count). The lowest BCUT2D eigenvalue weighted by molar-refractivity contribution is -0.139. The molecule has 1 saturated heterocycles. The average Bonchev–Trinajstić information content (AvgIpc) is 2.97. The van der Waals surface area contributed by atoms with E-state index in [0.29, 0.717) is 11.8 Å². The minimum atomic E-state index is -0.237. The number of esters is 1. The van der Waals surface area contributed by atoms with Crippen molar-refractivity contribution in [1.82, 2.24) is 5.32 Å². The summed E-state index contributed by atoms with van der Waals surface area (Å²) in [6.07, 6.45) is 5.46. The highest BCUT2D eigenvalue weighted by Crippen LogP contribution is 2.53. The van der Waals surface area contributed by atoms with Crippen LogP contribution >= 0.6 is 0 Å². The molecule has 1 aliphatic heterocycles. The monoisotopic (exact) mass is 283 g/mol. The maximum Gasteiger partial charge on any atom is 0.336 e. The van der Waals surface area contributed by atoms with Crippen molar-refractivity contribution in [1.29, 1.82) is 0 Å². The molecular weight excluding hydrogens is 262 g/mol. The lowest BCUT2D eigenvalue weighted by Gasteiger charge is -2.39. The summed E-state index contributed by atoms with van der Waals surface area (Å²) < 4.78 is 5.67. The SMILES string of the molecule is C[C@@H]1C=C2C(=O)O[C@@H]3CCC(C1)[C@]23NCc1ccccc1. The third-order valence-corrected chi connectivity index (χ3v) is 5.38. The first-order valence-corrected chi connectivity index (χ1v) is 7.92. The Labute approximate surface area is 125 Å². The molecule has 0 aromatic heterocycles. The Balaban J connectivity index is 1.67. The number of benzene rings is 1. The summed E-state index contributed by atoms with van der Waals surface area (Å²) in [6.45, 7) is 2.99. The molecule has 1 aromatic carbocycles. The second kappa shape index (κ2) is 4.70. The Bertz CT molecular complexity index is 594. The van der Waals surface area contributed by atoms with Crippen molar-refractivity contribution < 1.29 is 9.53 Å². The number of carbonyl (C=O) groups excluding carboxylic acids is 1. The number of rotatable bonds is 3. The predicted molar refractivity (Wildman–Crippen MR) is 80.5 cm³/mol. The first-order chi connectivity index (χ1) is 10.2. The molecule has 1 heterocycles. The fraction of sp³-hybridized carbons (Fsp3) is 0.500. The van der Waals surface area contributed by atoms with E-state index >= 15 is 0 Å². The van der Waals surface area contributed by atoms with E-state index in [1.54, 1.807) is 0 Å². The summed E-state index contributed by atoms with van der Waals surface area (Å²) in [7, 11) is 0. The van der Waals surface area contributed by atoms with E-state index in [4.69, 9.17) is 4.74 Å². The number of allylic oxidation sites excluding steroid dienone is 1. The van der Waals surface area contributed by atoms with Gasteiger partial charge in [-0.25, -0.2) is 4.79 Å². The van der Waals surface area contributed by atoms with Gasteiger partial charge in [0.05, 0.1) is 11.1 Å². The molecule has 110 valence electrons. The van der Waals surface area contributed by atoms with E-state index in [0.717, 1.165) is 31.4 Å². The fourth-order valence-electron chi connectivity index (χ4n) is 4.49. The number of nitrogens with one attached hydrogen (secondary N) is 1. The minimum absolute atomic E-state index is 0.0254. The van der Waals surface area contributed by atoms with Crippen LogP contribution in [-0.2, 0) is 16.1 Å². The molecule has 0 spiro atoms. The quantitative estimate of drug-likeness (QED) is 0.867. The van der Waals surface area contributed by atoms with Crippen LogP contribution in [0.4, 0.5) is 0 Å². The van der Waals surface area contributed by atoms with E-state index < -0.39 is 0 Å². The number of hydrogen-bond donors (Lipinski definition) is 1. The van der Waals surface area contributed by atoms with Gasteiger partial charge in [-0.15, -0.1) is 0 Å². The molecule has 1 aromatic rings. The summed E-state index contributed by atoms with van der Waals surface area (Å²) in [5.41, 5.74) is 1.91. The topological polar surface area (TPSA) is 38.3 Å². The molecule has 2 fully saturated rings. The average molecular weight is 283 g/mol. The number of ether oxygens (including phenoxy) is 1. The Kier molecular flexibility index (Phi) is 2.93. The van der Waals surface area contributed by atoms with Gasteiger partial charge in [0.15, 0.2) is 0 Å². The summed E-state index contributed by atoms with van der Waals surface area (Å²) >= 11 is 0. The van der Waals surface area contributed by atoms with Gasteiger partial charge in [-0.1, -0.05) is 43.3 Å². The second-order valence-corrected chi connectivity index (χ2v) is 6.67.